The van der Waals surface area contributed by atoms with Crippen LogP contribution >= 0.6 is 11.3 Å². The third kappa shape index (κ3) is 2.32. The molecule has 0 spiro atoms. The van der Waals surface area contributed by atoms with Crippen molar-refractivity contribution >= 4 is 16.3 Å². The highest BCUT2D eigenvalue weighted by atomic mass is 32.1. The molecule has 0 atom stereocenters. The molecule has 0 saturated heterocycles. The van der Waals surface area contributed by atoms with Gasteiger partial charge in [-0.15, -0.1) is 11.3 Å². The largest absolute Gasteiger partial charge is 0.436 e. The molecule has 0 unspecified atom stereocenters. The lowest BCUT2D eigenvalue weighted by Gasteiger charge is -2.05. The summed E-state index contributed by atoms with van der Waals surface area (Å²) < 4.78 is 7.84. The number of rotatable bonds is 4. The standard InChI is InChI=1S/C13H14N4OS/c1-9-2-3-10(8-15-9)18-12-11(4-5-14)17-6-7-19-13(17)16-12/h2-3,6-8H,4-5,14H2,1H3. The molecule has 2 N–H and O–H groups in total. The van der Waals surface area contributed by atoms with E-state index in [9.17, 15) is 0 Å². The molecule has 3 aromatic heterocycles. The first-order chi connectivity index (χ1) is 9.28. The molecule has 19 heavy (non-hydrogen) atoms. The molecule has 0 aliphatic rings. The molecule has 0 radical (unpaired) electrons. The number of nitrogens with zero attached hydrogens (tertiary/aromatic N) is 3. The van der Waals surface area contributed by atoms with Crippen LogP contribution in [0, 0.1) is 6.92 Å². The highest BCUT2D eigenvalue weighted by Crippen LogP contribution is 2.27. The number of aromatic nitrogens is 3. The fraction of sp³-hybridized carbons (Fsp3) is 0.231. The smallest absolute Gasteiger partial charge is 0.242 e. The van der Waals surface area contributed by atoms with Crippen LogP contribution in [0.5, 0.6) is 11.6 Å². The summed E-state index contributed by atoms with van der Waals surface area (Å²) in [6.07, 6.45) is 4.42. The molecule has 6 heteroatoms. The Morgan fingerprint density at radius 1 is 1.42 bits per heavy atom. The Kier molecular flexibility index (Phi) is 3.18. The minimum absolute atomic E-state index is 0.562. The number of ether oxygens (including phenoxy) is 1. The van der Waals surface area contributed by atoms with Crippen LogP contribution in [0.2, 0.25) is 0 Å². The fourth-order valence-electron chi connectivity index (χ4n) is 1.88. The zero-order valence-electron chi connectivity index (χ0n) is 10.5. The number of thiazole rings is 1. The molecule has 0 aliphatic heterocycles. The van der Waals surface area contributed by atoms with Crippen LogP contribution in [0.25, 0.3) is 4.96 Å². The predicted octanol–water partition coefficient (Wildman–Crippen LogP) is 2.39. The van der Waals surface area contributed by atoms with Crippen molar-refractivity contribution in [3.05, 3.63) is 41.3 Å². The molecule has 98 valence electrons. The van der Waals surface area contributed by atoms with E-state index in [1.165, 1.54) is 0 Å². The van der Waals surface area contributed by atoms with Gasteiger partial charge in [-0.05, 0) is 25.6 Å². The summed E-state index contributed by atoms with van der Waals surface area (Å²) in [4.78, 5) is 9.61. The van der Waals surface area contributed by atoms with Crippen molar-refractivity contribution in [1.82, 2.24) is 14.4 Å². The first kappa shape index (κ1) is 12.1. The highest BCUT2D eigenvalue weighted by molar-refractivity contribution is 7.15. The first-order valence-electron chi connectivity index (χ1n) is 6.03. The molecule has 0 aromatic carbocycles. The predicted molar refractivity (Wildman–Crippen MR) is 74.9 cm³/mol. The van der Waals surface area contributed by atoms with Gasteiger partial charge in [0, 0.05) is 23.7 Å². The lowest BCUT2D eigenvalue weighted by Crippen LogP contribution is -2.05. The van der Waals surface area contributed by atoms with Crippen LogP contribution in [0.4, 0.5) is 0 Å². The van der Waals surface area contributed by atoms with E-state index in [4.69, 9.17) is 10.5 Å². The van der Waals surface area contributed by atoms with Crippen LogP contribution in [-0.4, -0.2) is 20.9 Å². The SMILES string of the molecule is Cc1ccc(Oc2nc3sccn3c2CCN)cn1. The molecule has 0 aliphatic carbocycles. The van der Waals surface area contributed by atoms with Crippen LogP contribution < -0.4 is 10.5 Å². The normalized spacial score (nSPS) is 11.1. The third-order valence-electron chi connectivity index (χ3n) is 2.80. The van der Waals surface area contributed by atoms with E-state index in [2.05, 4.69) is 9.97 Å². The van der Waals surface area contributed by atoms with Crippen molar-refractivity contribution in [3.8, 4) is 11.6 Å². The van der Waals surface area contributed by atoms with Gasteiger partial charge in [-0.25, -0.2) is 0 Å². The van der Waals surface area contributed by atoms with E-state index in [0.29, 0.717) is 18.2 Å². The number of hydrogen-bond donors (Lipinski definition) is 1. The average Bonchev–Trinajstić information content (AvgIpc) is 2.96. The second kappa shape index (κ2) is 4.99. The van der Waals surface area contributed by atoms with Gasteiger partial charge in [-0.1, -0.05) is 0 Å². The Labute approximate surface area is 114 Å². The average molecular weight is 274 g/mol. The molecule has 0 amide bonds. The van der Waals surface area contributed by atoms with E-state index < -0.39 is 0 Å². The summed E-state index contributed by atoms with van der Waals surface area (Å²) in [7, 11) is 0. The number of pyridine rings is 1. The quantitative estimate of drug-likeness (QED) is 0.793. The maximum atomic E-state index is 5.82. The Morgan fingerprint density at radius 3 is 3.05 bits per heavy atom. The van der Waals surface area contributed by atoms with Crippen LogP contribution in [0.3, 0.4) is 0 Å². The number of fused-ring (bicyclic) bond motifs is 1. The van der Waals surface area contributed by atoms with Gasteiger partial charge in [-0.3, -0.25) is 9.38 Å². The van der Waals surface area contributed by atoms with Gasteiger partial charge in [0.05, 0.1) is 11.9 Å². The van der Waals surface area contributed by atoms with Gasteiger partial charge in [0.1, 0.15) is 5.75 Å². The lowest BCUT2D eigenvalue weighted by molar-refractivity contribution is 0.457. The fourth-order valence-corrected chi connectivity index (χ4v) is 2.61. The van der Waals surface area contributed by atoms with Gasteiger partial charge >= 0.3 is 0 Å². The molecular formula is C13H14N4OS. The zero-order valence-corrected chi connectivity index (χ0v) is 11.4. The Balaban J connectivity index is 1.97. The summed E-state index contributed by atoms with van der Waals surface area (Å²) in [5.41, 5.74) is 7.61. The summed E-state index contributed by atoms with van der Waals surface area (Å²) in [5, 5.41) is 2.00. The molecule has 5 nitrogen and oxygen atoms in total. The second-order valence-electron chi connectivity index (χ2n) is 4.20. The minimum Gasteiger partial charge on any atom is -0.436 e. The van der Waals surface area contributed by atoms with Crippen molar-refractivity contribution in [1.29, 1.82) is 0 Å². The Morgan fingerprint density at radius 2 is 2.32 bits per heavy atom. The van der Waals surface area contributed by atoms with Crippen molar-refractivity contribution in [2.75, 3.05) is 6.54 Å². The molecule has 3 aromatic rings. The number of imidazole rings is 1. The molecule has 0 saturated carbocycles. The van der Waals surface area contributed by atoms with E-state index in [1.807, 2.05) is 35.0 Å². The van der Waals surface area contributed by atoms with Crippen LogP contribution in [-0.2, 0) is 6.42 Å². The van der Waals surface area contributed by atoms with Crippen molar-refractivity contribution < 1.29 is 4.74 Å². The van der Waals surface area contributed by atoms with Gasteiger partial charge in [-0.2, -0.15) is 4.98 Å². The molecule has 0 fully saturated rings. The third-order valence-corrected chi connectivity index (χ3v) is 3.56. The Hall–Kier alpha value is -1.92. The van der Waals surface area contributed by atoms with E-state index in [0.717, 1.165) is 22.8 Å². The molecule has 3 heterocycles. The summed E-state index contributed by atoms with van der Waals surface area (Å²) in [6, 6.07) is 3.80. The monoisotopic (exact) mass is 274 g/mol. The van der Waals surface area contributed by atoms with Gasteiger partial charge in [0.25, 0.3) is 0 Å². The minimum atomic E-state index is 0.562. The maximum absolute atomic E-state index is 5.82. The van der Waals surface area contributed by atoms with Gasteiger partial charge in [0.15, 0.2) is 4.96 Å². The van der Waals surface area contributed by atoms with Crippen molar-refractivity contribution in [3.63, 3.8) is 0 Å². The second-order valence-corrected chi connectivity index (χ2v) is 5.07. The van der Waals surface area contributed by atoms with Crippen molar-refractivity contribution in [2.24, 2.45) is 5.73 Å². The van der Waals surface area contributed by atoms with Crippen LogP contribution in [0.1, 0.15) is 11.4 Å². The molecular weight excluding hydrogens is 260 g/mol. The highest BCUT2D eigenvalue weighted by Gasteiger charge is 2.14. The molecule has 3 rings (SSSR count). The summed E-state index contributed by atoms with van der Waals surface area (Å²) in [5.74, 6) is 1.30. The Bertz CT molecular complexity index is 686. The maximum Gasteiger partial charge on any atom is 0.242 e. The first-order valence-corrected chi connectivity index (χ1v) is 6.91. The number of hydrogen-bond acceptors (Lipinski definition) is 5. The van der Waals surface area contributed by atoms with Crippen LogP contribution in [0.15, 0.2) is 29.9 Å². The number of nitrogens with two attached hydrogens (primary N) is 1. The zero-order chi connectivity index (χ0) is 13.2. The summed E-state index contributed by atoms with van der Waals surface area (Å²) in [6.45, 7) is 2.50. The van der Waals surface area contributed by atoms with E-state index in [1.54, 1.807) is 17.5 Å². The van der Waals surface area contributed by atoms with E-state index in [-0.39, 0.29) is 0 Å². The topological polar surface area (TPSA) is 65.4 Å². The summed E-state index contributed by atoms with van der Waals surface area (Å²) >= 11 is 1.58. The van der Waals surface area contributed by atoms with Crippen molar-refractivity contribution in [2.45, 2.75) is 13.3 Å². The van der Waals surface area contributed by atoms with Gasteiger partial charge < -0.3 is 10.5 Å². The van der Waals surface area contributed by atoms with E-state index >= 15 is 0 Å². The van der Waals surface area contributed by atoms with Gasteiger partial charge in [0.2, 0.25) is 5.88 Å². The lowest BCUT2D eigenvalue weighted by atomic mass is 10.3. The molecule has 0 bridgehead atoms. The number of aryl methyl sites for hydroxylation is 1.